The van der Waals surface area contributed by atoms with E-state index in [1.54, 1.807) is 30.3 Å². The first-order valence-electron chi connectivity index (χ1n) is 9.17. The molecule has 1 aliphatic heterocycles. The Balaban J connectivity index is 1.59. The fourth-order valence-corrected chi connectivity index (χ4v) is 2.98. The number of aryl methyl sites for hydroxylation is 1. The summed E-state index contributed by atoms with van der Waals surface area (Å²) in [5.74, 6) is 0.781. The maximum Gasteiger partial charge on any atom is 0.262 e. The Morgan fingerprint density at radius 2 is 1.89 bits per heavy atom. The smallest absolute Gasteiger partial charge is 0.262 e. The minimum absolute atomic E-state index is 0.143. The van der Waals surface area contributed by atoms with Gasteiger partial charge in [0.1, 0.15) is 0 Å². The third-order valence-electron chi connectivity index (χ3n) is 4.36. The van der Waals surface area contributed by atoms with Gasteiger partial charge in [0.25, 0.3) is 5.91 Å². The quantitative estimate of drug-likeness (QED) is 0.876. The van der Waals surface area contributed by atoms with Crippen LogP contribution in [0.4, 0.5) is 11.6 Å². The summed E-state index contributed by atoms with van der Waals surface area (Å²) in [6, 6.07) is 10.4. The number of nitriles is 1. The lowest BCUT2D eigenvalue weighted by molar-refractivity contribution is -0.118. The van der Waals surface area contributed by atoms with Crippen molar-refractivity contribution >= 4 is 17.5 Å². The number of hydrogen-bond donors (Lipinski definition) is 1. The maximum absolute atomic E-state index is 12.1. The van der Waals surface area contributed by atoms with Gasteiger partial charge in [-0.05, 0) is 44.0 Å². The van der Waals surface area contributed by atoms with Gasteiger partial charge in [-0.2, -0.15) is 10.2 Å². The second-order valence-corrected chi connectivity index (χ2v) is 6.57. The largest absolute Gasteiger partial charge is 0.467 e. The van der Waals surface area contributed by atoms with Crippen LogP contribution in [0.1, 0.15) is 36.9 Å². The molecular formula is C20H23N5O2. The molecule has 0 bridgehead atoms. The van der Waals surface area contributed by atoms with Crippen LogP contribution in [0.2, 0.25) is 0 Å². The van der Waals surface area contributed by atoms with Gasteiger partial charge in [-0.3, -0.25) is 4.79 Å². The summed E-state index contributed by atoms with van der Waals surface area (Å²) in [7, 11) is 0. The second-order valence-electron chi connectivity index (χ2n) is 6.57. The molecule has 7 heteroatoms. The van der Waals surface area contributed by atoms with Gasteiger partial charge in [-0.15, -0.1) is 0 Å². The van der Waals surface area contributed by atoms with Crippen molar-refractivity contribution in [3.8, 4) is 11.9 Å². The van der Waals surface area contributed by atoms with Crippen LogP contribution in [-0.4, -0.2) is 35.6 Å². The lowest BCUT2D eigenvalue weighted by Gasteiger charge is -2.21. The molecule has 1 N–H and O–H groups in total. The number of carbonyl (C=O) groups is 1. The van der Waals surface area contributed by atoms with Crippen LogP contribution in [-0.2, 0) is 4.79 Å². The first-order chi connectivity index (χ1) is 13.1. The first kappa shape index (κ1) is 18.6. The number of rotatable bonds is 5. The third-order valence-corrected chi connectivity index (χ3v) is 4.36. The third kappa shape index (κ3) is 5.42. The molecule has 140 valence electrons. The van der Waals surface area contributed by atoms with Crippen LogP contribution >= 0.6 is 0 Å². The van der Waals surface area contributed by atoms with E-state index in [1.807, 2.05) is 13.0 Å². The SMILES string of the molecule is Cc1cc(OCC(=O)Nc2ccc(C#N)cc2)nc(N2CCCCCC2)n1. The van der Waals surface area contributed by atoms with Crippen LogP contribution in [0.3, 0.4) is 0 Å². The highest BCUT2D eigenvalue weighted by atomic mass is 16.5. The van der Waals surface area contributed by atoms with Gasteiger partial charge < -0.3 is 15.0 Å². The number of ether oxygens (including phenoxy) is 1. The van der Waals surface area contributed by atoms with E-state index in [9.17, 15) is 4.79 Å². The molecule has 2 aromatic rings. The molecular weight excluding hydrogens is 342 g/mol. The molecule has 1 saturated heterocycles. The molecule has 0 radical (unpaired) electrons. The van der Waals surface area contributed by atoms with Gasteiger partial charge >= 0.3 is 0 Å². The minimum Gasteiger partial charge on any atom is -0.467 e. The zero-order valence-corrected chi connectivity index (χ0v) is 15.4. The van der Waals surface area contributed by atoms with E-state index in [1.165, 1.54) is 12.8 Å². The number of benzene rings is 1. The number of hydrogen-bond acceptors (Lipinski definition) is 6. The Morgan fingerprint density at radius 1 is 1.19 bits per heavy atom. The summed E-state index contributed by atoms with van der Waals surface area (Å²) in [6.45, 7) is 3.65. The topological polar surface area (TPSA) is 91.1 Å². The normalized spacial score (nSPS) is 14.1. The zero-order valence-electron chi connectivity index (χ0n) is 15.4. The van der Waals surface area contributed by atoms with Gasteiger partial charge in [-0.1, -0.05) is 12.8 Å². The summed E-state index contributed by atoms with van der Waals surface area (Å²) < 4.78 is 5.59. The molecule has 1 fully saturated rings. The van der Waals surface area contributed by atoms with Crippen molar-refractivity contribution < 1.29 is 9.53 Å². The van der Waals surface area contributed by atoms with Crippen molar-refractivity contribution in [3.05, 3.63) is 41.6 Å². The predicted molar refractivity (Wildman–Crippen MR) is 103 cm³/mol. The molecule has 1 aromatic carbocycles. The molecule has 0 aliphatic carbocycles. The van der Waals surface area contributed by atoms with Gasteiger partial charge in [0.05, 0.1) is 11.6 Å². The molecule has 7 nitrogen and oxygen atoms in total. The fraction of sp³-hybridized carbons (Fsp3) is 0.400. The molecule has 1 amide bonds. The number of nitrogens with one attached hydrogen (secondary N) is 1. The summed E-state index contributed by atoms with van der Waals surface area (Å²) >= 11 is 0. The van der Waals surface area contributed by atoms with Gasteiger partial charge in [0.2, 0.25) is 11.8 Å². The van der Waals surface area contributed by atoms with E-state index < -0.39 is 0 Å². The summed E-state index contributed by atoms with van der Waals surface area (Å²) in [5.41, 5.74) is 1.97. The number of aromatic nitrogens is 2. The van der Waals surface area contributed by atoms with Gasteiger partial charge in [0.15, 0.2) is 6.61 Å². The van der Waals surface area contributed by atoms with Crippen molar-refractivity contribution in [2.75, 3.05) is 29.9 Å². The Bertz CT molecular complexity index is 821. The van der Waals surface area contributed by atoms with Crippen LogP contribution in [0.5, 0.6) is 5.88 Å². The first-order valence-corrected chi connectivity index (χ1v) is 9.17. The highest BCUT2D eigenvalue weighted by Crippen LogP contribution is 2.19. The predicted octanol–water partition coefficient (Wildman–Crippen LogP) is 3.05. The summed E-state index contributed by atoms with van der Waals surface area (Å²) in [5, 5.41) is 11.5. The Kier molecular flexibility index (Phi) is 6.21. The van der Waals surface area contributed by atoms with E-state index >= 15 is 0 Å². The monoisotopic (exact) mass is 365 g/mol. The van der Waals surface area contributed by atoms with Crippen LogP contribution in [0.15, 0.2) is 30.3 Å². The molecule has 27 heavy (non-hydrogen) atoms. The molecule has 0 spiro atoms. The van der Waals surface area contributed by atoms with Crippen LogP contribution in [0, 0.1) is 18.3 Å². The van der Waals surface area contributed by atoms with Crippen molar-refractivity contribution in [1.82, 2.24) is 9.97 Å². The van der Waals surface area contributed by atoms with Crippen molar-refractivity contribution in [1.29, 1.82) is 5.26 Å². The van der Waals surface area contributed by atoms with Crippen LogP contribution < -0.4 is 15.0 Å². The lowest BCUT2D eigenvalue weighted by atomic mass is 10.2. The van der Waals surface area contributed by atoms with E-state index in [0.29, 0.717) is 23.1 Å². The van der Waals surface area contributed by atoms with E-state index in [0.717, 1.165) is 31.6 Å². The molecule has 0 atom stereocenters. The van der Waals surface area contributed by atoms with E-state index in [4.69, 9.17) is 10.00 Å². The number of anilines is 2. The standard InChI is InChI=1S/C20H23N5O2/c1-15-12-19(24-20(22-15)25-10-4-2-3-5-11-25)27-14-18(26)23-17-8-6-16(13-21)7-9-17/h6-9,12H,2-5,10-11,14H2,1H3,(H,23,26). The Morgan fingerprint density at radius 3 is 2.56 bits per heavy atom. The van der Waals surface area contributed by atoms with E-state index in [-0.39, 0.29) is 12.5 Å². The number of nitrogens with zero attached hydrogens (tertiary/aromatic N) is 4. The Hall–Kier alpha value is -3.14. The molecule has 1 aromatic heterocycles. The highest BCUT2D eigenvalue weighted by Gasteiger charge is 2.15. The van der Waals surface area contributed by atoms with E-state index in [2.05, 4.69) is 20.2 Å². The van der Waals surface area contributed by atoms with Gasteiger partial charge in [-0.25, -0.2) is 4.98 Å². The second kappa shape index (κ2) is 8.99. The number of amides is 1. The number of carbonyl (C=O) groups excluding carboxylic acids is 1. The molecule has 3 rings (SSSR count). The Labute approximate surface area is 159 Å². The fourth-order valence-electron chi connectivity index (χ4n) is 2.98. The molecule has 0 unspecified atom stereocenters. The lowest BCUT2D eigenvalue weighted by Crippen LogP contribution is -2.26. The minimum atomic E-state index is -0.285. The van der Waals surface area contributed by atoms with Gasteiger partial charge in [0, 0.05) is 30.5 Å². The summed E-state index contributed by atoms with van der Waals surface area (Å²) in [6.07, 6.45) is 4.75. The van der Waals surface area contributed by atoms with Crippen molar-refractivity contribution in [2.24, 2.45) is 0 Å². The zero-order chi connectivity index (χ0) is 19.1. The average molecular weight is 365 g/mol. The summed E-state index contributed by atoms with van der Waals surface area (Å²) in [4.78, 5) is 23.3. The molecule has 2 heterocycles. The molecule has 1 aliphatic rings. The average Bonchev–Trinajstić information content (AvgIpc) is 2.96. The van der Waals surface area contributed by atoms with Crippen molar-refractivity contribution in [2.45, 2.75) is 32.6 Å². The van der Waals surface area contributed by atoms with Crippen LogP contribution in [0.25, 0.3) is 0 Å². The highest BCUT2D eigenvalue weighted by molar-refractivity contribution is 5.91. The maximum atomic E-state index is 12.1. The molecule has 0 saturated carbocycles. The van der Waals surface area contributed by atoms with Crippen molar-refractivity contribution in [3.63, 3.8) is 0 Å².